The highest BCUT2D eigenvalue weighted by Crippen LogP contribution is 2.25. The zero-order chi connectivity index (χ0) is 17.9. The summed E-state index contributed by atoms with van der Waals surface area (Å²) in [5.74, 6) is -0.516. The van der Waals surface area contributed by atoms with Gasteiger partial charge in [-0.3, -0.25) is 4.79 Å². The van der Waals surface area contributed by atoms with Gasteiger partial charge in [-0.2, -0.15) is 4.31 Å². The van der Waals surface area contributed by atoms with E-state index in [1.165, 1.54) is 16.4 Å². The summed E-state index contributed by atoms with van der Waals surface area (Å²) in [5, 5.41) is 0. The molecule has 1 aromatic rings. The highest BCUT2D eigenvalue weighted by molar-refractivity contribution is 7.89. The van der Waals surface area contributed by atoms with Crippen molar-refractivity contribution in [3.63, 3.8) is 0 Å². The molecule has 5 nitrogen and oxygen atoms in total. The Balaban J connectivity index is 2.02. The predicted octanol–water partition coefficient (Wildman–Crippen LogP) is 2.48. The van der Waals surface area contributed by atoms with E-state index < -0.39 is 15.8 Å². The molecule has 0 radical (unpaired) electrons. The number of carbonyl (C=O) groups is 1. The van der Waals surface area contributed by atoms with Crippen molar-refractivity contribution < 1.29 is 17.6 Å². The van der Waals surface area contributed by atoms with Crippen LogP contribution in [0.5, 0.6) is 0 Å². The van der Waals surface area contributed by atoms with Gasteiger partial charge in [0.2, 0.25) is 15.9 Å². The van der Waals surface area contributed by atoms with Gasteiger partial charge in [-0.05, 0) is 50.5 Å². The third-order valence-electron chi connectivity index (χ3n) is 4.85. The monoisotopic (exact) mass is 356 g/mol. The van der Waals surface area contributed by atoms with Crippen molar-refractivity contribution in [2.75, 3.05) is 20.1 Å². The Morgan fingerprint density at radius 1 is 1.29 bits per heavy atom. The smallest absolute Gasteiger partial charge is 0.243 e. The number of amides is 1. The number of hydrogen-bond acceptors (Lipinski definition) is 3. The molecule has 0 N–H and O–H groups in total. The number of halogens is 1. The van der Waals surface area contributed by atoms with Crippen molar-refractivity contribution in [2.45, 2.75) is 44.0 Å². The second-order valence-corrected chi connectivity index (χ2v) is 8.28. The summed E-state index contributed by atoms with van der Waals surface area (Å²) in [6.07, 6.45) is 1.92. The number of hydrogen-bond donors (Lipinski definition) is 0. The van der Waals surface area contributed by atoms with E-state index >= 15 is 0 Å². The van der Waals surface area contributed by atoms with Crippen molar-refractivity contribution in [3.05, 3.63) is 30.1 Å². The summed E-state index contributed by atoms with van der Waals surface area (Å²) in [6.45, 7) is 4.66. The van der Waals surface area contributed by atoms with Crippen LogP contribution >= 0.6 is 0 Å². The topological polar surface area (TPSA) is 57.7 Å². The lowest BCUT2D eigenvalue weighted by Gasteiger charge is -2.34. The number of rotatable bonds is 5. The number of carbonyl (C=O) groups excluding carboxylic acids is 1. The largest absolute Gasteiger partial charge is 0.343 e. The lowest BCUT2D eigenvalue weighted by atomic mass is 9.96. The van der Waals surface area contributed by atoms with Crippen LogP contribution in [0.3, 0.4) is 0 Å². The first-order valence-electron chi connectivity index (χ1n) is 8.29. The van der Waals surface area contributed by atoms with Crippen molar-refractivity contribution in [1.82, 2.24) is 9.21 Å². The van der Waals surface area contributed by atoms with E-state index in [2.05, 4.69) is 0 Å². The zero-order valence-electron chi connectivity index (χ0n) is 14.4. The van der Waals surface area contributed by atoms with E-state index in [9.17, 15) is 17.6 Å². The first-order chi connectivity index (χ1) is 11.3. The number of sulfonamides is 1. The van der Waals surface area contributed by atoms with Crippen LogP contribution in [-0.2, 0) is 14.8 Å². The fraction of sp³-hybridized carbons (Fsp3) is 0.588. The third-order valence-corrected chi connectivity index (χ3v) is 6.77. The summed E-state index contributed by atoms with van der Waals surface area (Å²) in [6, 6.07) is 5.02. The van der Waals surface area contributed by atoms with Gasteiger partial charge in [0.1, 0.15) is 5.82 Å². The molecule has 1 amide bonds. The summed E-state index contributed by atoms with van der Waals surface area (Å²) >= 11 is 0. The average Bonchev–Trinajstić information content (AvgIpc) is 2.60. The molecule has 24 heavy (non-hydrogen) atoms. The Morgan fingerprint density at radius 3 is 2.33 bits per heavy atom. The molecule has 0 saturated carbocycles. The van der Waals surface area contributed by atoms with Crippen molar-refractivity contribution in [2.24, 2.45) is 5.92 Å². The van der Waals surface area contributed by atoms with E-state index in [-0.39, 0.29) is 22.8 Å². The fourth-order valence-corrected chi connectivity index (χ4v) is 4.35. The standard InChI is InChI=1S/C17H25FN2O3S/c1-4-13(2)19(3)17(21)14-9-11-20(12-10-14)24(22,23)16-7-5-15(18)6-8-16/h5-8,13-14H,4,9-12H2,1-3H3. The normalized spacial score (nSPS) is 18.3. The lowest BCUT2D eigenvalue weighted by Crippen LogP contribution is -2.45. The molecule has 0 spiro atoms. The second-order valence-electron chi connectivity index (χ2n) is 6.34. The van der Waals surface area contributed by atoms with Gasteiger partial charge in [0.05, 0.1) is 4.90 Å². The van der Waals surface area contributed by atoms with E-state index in [0.29, 0.717) is 25.9 Å². The maximum absolute atomic E-state index is 13.0. The summed E-state index contributed by atoms with van der Waals surface area (Å²) in [5.41, 5.74) is 0. The van der Waals surface area contributed by atoms with Crippen LogP contribution in [0.1, 0.15) is 33.1 Å². The molecule has 0 aromatic heterocycles. The van der Waals surface area contributed by atoms with Crippen LogP contribution in [0.2, 0.25) is 0 Å². The fourth-order valence-electron chi connectivity index (χ4n) is 2.88. The molecule has 0 bridgehead atoms. The molecule has 134 valence electrons. The molecule has 1 atom stereocenters. The van der Waals surface area contributed by atoms with Gasteiger partial charge in [0, 0.05) is 32.1 Å². The Hall–Kier alpha value is -1.47. The first-order valence-corrected chi connectivity index (χ1v) is 9.73. The van der Waals surface area contributed by atoms with Crippen molar-refractivity contribution in [1.29, 1.82) is 0 Å². The molecule has 1 fully saturated rings. The molecule has 1 heterocycles. The molecule has 1 aromatic carbocycles. The van der Waals surface area contributed by atoms with Gasteiger partial charge in [0.25, 0.3) is 0 Å². The minimum atomic E-state index is -3.63. The first kappa shape index (κ1) is 18.9. The summed E-state index contributed by atoms with van der Waals surface area (Å²) < 4.78 is 39.5. The zero-order valence-corrected chi connectivity index (χ0v) is 15.2. The van der Waals surface area contributed by atoms with Crippen LogP contribution in [0.4, 0.5) is 4.39 Å². The maximum Gasteiger partial charge on any atom is 0.243 e. The van der Waals surface area contributed by atoms with Crippen LogP contribution in [0, 0.1) is 11.7 Å². The van der Waals surface area contributed by atoms with Gasteiger partial charge in [0.15, 0.2) is 0 Å². The van der Waals surface area contributed by atoms with E-state index in [0.717, 1.165) is 18.6 Å². The van der Waals surface area contributed by atoms with Crippen molar-refractivity contribution in [3.8, 4) is 0 Å². The molecule has 1 aliphatic rings. The van der Waals surface area contributed by atoms with Gasteiger partial charge in [-0.15, -0.1) is 0 Å². The number of piperidine rings is 1. The van der Waals surface area contributed by atoms with Gasteiger partial charge in [-0.25, -0.2) is 12.8 Å². The van der Waals surface area contributed by atoms with E-state index in [4.69, 9.17) is 0 Å². The molecule has 7 heteroatoms. The Bertz CT molecular complexity index is 668. The molecule has 2 rings (SSSR count). The van der Waals surface area contributed by atoms with Gasteiger partial charge >= 0.3 is 0 Å². The van der Waals surface area contributed by atoms with Crippen LogP contribution in [0.15, 0.2) is 29.2 Å². The highest BCUT2D eigenvalue weighted by Gasteiger charge is 2.33. The quantitative estimate of drug-likeness (QED) is 0.814. The van der Waals surface area contributed by atoms with Crippen molar-refractivity contribution >= 4 is 15.9 Å². The van der Waals surface area contributed by atoms with E-state index in [1.807, 2.05) is 13.8 Å². The molecule has 0 aliphatic carbocycles. The molecule has 1 aliphatic heterocycles. The molecular weight excluding hydrogens is 331 g/mol. The molecular formula is C17H25FN2O3S. The molecule has 1 unspecified atom stereocenters. The minimum absolute atomic E-state index is 0.0863. The van der Waals surface area contributed by atoms with Crippen LogP contribution < -0.4 is 0 Å². The lowest BCUT2D eigenvalue weighted by molar-refractivity contribution is -0.137. The number of benzene rings is 1. The summed E-state index contributed by atoms with van der Waals surface area (Å²) in [7, 11) is -1.82. The van der Waals surface area contributed by atoms with Crippen LogP contribution in [-0.4, -0.2) is 49.7 Å². The summed E-state index contributed by atoms with van der Waals surface area (Å²) in [4.78, 5) is 14.3. The van der Waals surface area contributed by atoms with Gasteiger partial charge in [-0.1, -0.05) is 6.92 Å². The second kappa shape index (κ2) is 7.61. The Morgan fingerprint density at radius 2 is 1.83 bits per heavy atom. The Labute approximate surface area is 143 Å². The van der Waals surface area contributed by atoms with E-state index in [1.54, 1.807) is 11.9 Å². The van der Waals surface area contributed by atoms with Crippen LogP contribution in [0.25, 0.3) is 0 Å². The minimum Gasteiger partial charge on any atom is -0.343 e. The number of nitrogens with zero attached hydrogens (tertiary/aromatic N) is 2. The Kier molecular flexibility index (Phi) is 5.98. The maximum atomic E-state index is 13.0. The van der Waals surface area contributed by atoms with Gasteiger partial charge < -0.3 is 4.90 Å². The predicted molar refractivity (Wildman–Crippen MR) is 90.4 cm³/mol. The third kappa shape index (κ3) is 3.95. The molecule has 1 saturated heterocycles. The highest BCUT2D eigenvalue weighted by atomic mass is 32.2. The SMILES string of the molecule is CCC(C)N(C)C(=O)C1CCN(S(=O)(=O)c2ccc(F)cc2)CC1. The average molecular weight is 356 g/mol.